The van der Waals surface area contributed by atoms with Crippen molar-refractivity contribution < 1.29 is 19.1 Å². The highest BCUT2D eigenvalue weighted by molar-refractivity contribution is 6.04. The monoisotopic (exact) mass is 407 g/mol. The largest absolute Gasteiger partial charge is 0.495 e. The molecule has 2 saturated heterocycles. The van der Waals surface area contributed by atoms with E-state index in [9.17, 15) is 14.4 Å². The molecule has 2 aromatic rings. The SMILES string of the molecule is COc1ccccc1N1CC(C(=O)Nc2ccc(N3CCCC3=O)c(C)c2)CC1=O. The fourth-order valence-electron chi connectivity index (χ4n) is 4.15. The minimum atomic E-state index is -0.442. The number of amides is 3. The zero-order valence-corrected chi connectivity index (χ0v) is 17.2. The summed E-state index contributed by atoms with van der Waals surface area (Å²) in [5.41, 5.74) is 3.15. The zero-order chi connectivity index (χ0) is 21.3. The molecule has 0 bridgehead atoms. The summed E-state index contributed by atoms with van der Waals surface area (Å²) in [5, 5.41) is 2.92. The van der Waals surface area contributed by atoms with E-state index in [1.54, 1.807) is 29.0 Å². The van der Waals surface area contributed by atoms with Gasteiger partial charge in [0.15, 0.2) is 0 Å². The molecule has 0 radical (unpaired) electrons. The first-order chi connectivity index (χ1) is 14.5. The van der Waals surface area contributed by atoms with E-state index in [0.717, 1.165) is 24.2 Å². The summed E-state index contributed by atoms with van der Waals surface area (Å²) in [6.45, 7) is 2.97. The van der Waals surface area contributed by atoms with Crippen LogP contribution in [0.25, 0.3) is 0 Å². The highest BCUT2D eigenvalue weighted by Gasteiger charge is 2.36. The molecule has 1 atom stereocenters. The Bertz CT molecular complexity index is 1000. The summed E-state index contributed by atoms with van der Waals surface area (Å²) < 4.78 is 5.35. The van der Waals surface area contributed by atoms with Gasteiger partial charge in [0, 0.05) is 37.3 Å². The average Bonchev–Trinajstić information content (AvgIpc) is 3.33. The molecular weight excluding hydrogens is 382 g/mol. The van der Waals surface area contributed by atoms with Crippen molar-refractivity contribution in [3.8, 4) is 5.75 Å². The molecule has 1 N–H and O–H groups in total. The molecule has 2 heterocycles. The van der Waals surface area contributed by atoms with Crippen molar-refractivity contribution in [2.45, 2.75) is 26.2 Å². The number of hydrogen-bond donors (Lipinski definition) is 1. The van der Waals surface area contributed by atoms with Crippen molar-refractivity contribution in [1.82, 2.24) is 0 Å². The summed E-state index contributed by atoms with van der Waals surface area (Å²) in [6.07, 6.45) is 1.61. The minimum absolute atomic E-state index is 0.0984. The van der Waals surface area contributed by atoms with Crippen LogP contribution in [0.5, 0.6) is 5.75 Å². The number of benzene rings is 2. The Morgan fingerprint density at radius 1 is 1.07 bits per heavy atom. The van der Waals surface area contributed by atoms with Crippen LogP contribution in [0.15, 0.2) is 42.5 Å². The van der Waals surface area contributed by atoms with Gasteiger partial charge in [-0.1, -0.05) is 12.1 Å². The second kappa shape index (κ2) is 8.18. The Labute approximate surface area is 175 Å². The Kier molecular flexibility index (Phi) is 5.44. The maximum Gasteiger partial charge on any atom is 0.229 e. The first-order valence-corrected chi connectivity index (χ1v) is 10.1. The Morgan fingerprint density at radius 3 is 2.57 bits per heavy atom. The lowest BCUT2D eigenvalue weighted by molar-refractivity contribution is -0.122. The summed E-state index contributed by atoms with van der Waals surface area (Å²) in [5.74, 6) is 0.0109. The number of nitrogens with one attached hydrogen (secondary N) is 1. The summed E-state index contributed by atoms with van der Waals surface area (Å²) in [7, 11) is 1.56. The van der Waals surface area contributed by atoms with Crippen LogP contribution < -0.4 is 19.9 Å². The molecular formula is C23H25N3O4. The Morgan fingerprint density at radius 2 is 1.87 bits per heavy atom. The predicted octanol–water partition coefficient (Wildman–Crippen LogP) is 3.12. The molecule has 2 aliphatic heterocycles. The van der Waals surface area contributed by atoms with Gasteiger partial charge in [-0.2, -0.15) is 0 Å². The molecule has 7 nitrogen and oxygen atoms in total. The maximum atomic E-state index is 12.8. The first kappa shape index (κ1) is 19.9. The van der Waals surface area contributed by atoms with Crippen molar-refractivity contribution in [3.05, 3.63) is 48.0 Å². The third-order valence-electron chi connectivity index (χ3n) is 5.70. The number of hydrogen-bond acceptors (Lipinski definition) is 4. The summed E-state index contributed by atoms with van der Waals surface area (Å²) in [6, 6.07) is 12.8. The Hall–Kier alpha value is -3.35. The smallest absolute Gasteiger partial charge is 0.229 e. The van der Waals surface area contributed by atoms with Gasteiger partial charge in [-0.15, -0.1) is 0 Å². The lowest BCUT2D eigenvalue weighted by atomic mass is 10.1. The summed E-state index contributed by atoms with van der Waals surface area (Å²) >= 11 is 0. The van der Waals surface area contributed by atoms with Crippen molar-refractivity contribution in [2.24, 2.45) is 5.92 Å². The normalized spacial score (nSPS) is 18.8. The van der Waals surface area contributed by atoms with Crippen molar-refractivity contribution >= 4 is 34.8 Å². The third-order valence-corrected chi connectivity index (χ3v) is 5.70. The number of nitrogens with zero attached hydrogens (tertiary/aromatic N) is 2. The van der Waals surface area contributed by atoms with Gasteiger partial charge < -0.3 is 19.9 Å². The van der Waals surface area contributed by atoms with Crippen LogP contribution in [-0.2, 0) is 14.4 Å². The van der Waals surface area contributed by atoms with E-state index >= 15 is 0 Å². The van der Waals surface area contributed by atoms with Gasteiger partial charge in [-0.05, 0) is 49.2 Å². The van der Waals surface area contributed by atoms with Crippen LogP contribution in [0.1, 0.15) is 24.8 Å². The van der Waals surface area contributed by atoms with Crippen molar-refractivity contribution in [1.29, 1.82) is 0 Å². The van der Waals surface area contributed by atoms with E-state index < -0.39 is 5.92 Å². The average molecular weight is 407 g/mol. The topological polar surface area (TPSA) is 79.0 Å². The van der Waals surface area contributed by atoms with E-state index in [4.69, 9.17) is 4.74 Å². The van der Waals surface area contributed by atoms with Gasteiger partial charge in [0.05, 0.1) is 18.7 Å². The number of methoxy groups -OCH3 is 1. The van der Waals surface area contributed by atoms with E-state index in [1.165, 1.54) is 0 Å². The van der Waals surface area contributed by atoms with Crippen LogP contribution in [0.4, 0.5) is 17.1 Å². The highest BCUT2D eigenvalue weighted by atomic mass is 16.5. The molecule has 0 saturated carbocycles. The van der Waals surface area contributed by atoms with E-state index in [0.29, 0.717) is 30.1 Å². The van der Waals surface area contributed by atoms with Gasteiger partial charge in [-0.25, -0.2) is 0 Å². The van der Waals surface area contributed by atoms with E-state index in [-0.39, 0.29) is 24.1 Å². The molecule has 2 aromatic carbocycles. The van der Waals surface area contributed by atoms with Crippen LogP contribution in [0.2, 0.25) is 0 Å². The van der Waals surface area contributed by atoms with Gasteiger partial charge in [0.2, 0.25) is 17.7 Å². The number of rotatable bonds is 5. The maximum absolute atomic E-state index is 12.8. The molecule has 156 valence electrons. The van der Waals surface area contributed by atoms with Gasteiger partial charge in [-0.3, -0.25) is 14.4 Å². The van der Waals surface area contributed by atoms with Crippen molar-refractivity contribution in [3.63, 3.8) is 0 Å². The molecule has 0 aliphatic carbocycles. The van der Waals surface area contributed by atoms with E-state index in [2.05, 4.69) is 5.32 Å². The quantitative estimate of drug-likeness (QED) is 0.826. The second-order valence-electron chi connectivity index (χ2n) is 7.72. The van der Waals surface area contributed by atoms with Crippen LogP contribution in [0.3, 0.4) is 0 Å². The molecule has 2 aliphatic rings. The lowest BCUT2D eigenvalue weighted by Gasteiger charge is -2.20. The minimum Gasteiger partial charge on any atom is -0.495 e. The molecule has 4 rings (SSSR count). The highest BCUT2D eigenvalue weighted by Crippen LogP contribution is 2.33. The molecule has 1 unspecified atom stereocenters. The number of carbonyl (C=O) groups excluding carboxylic acids is 3. The molecule has 0 spiro atoms. The van der Waals surface area contributed by atoms with Gasteiger partial charge in [0.1, 0.15) is 5.75 Å². The van der Waals surface area contributed by atoms with Crippen molar-refractivity contribution in [2.75, 3.05) is 35.3 Å². The fourth-order valence-corrected chi connectivity index (χ4v) is 4.15. The number of ether oxygens (including phenoxy) is 1. The standard InChI is InChI=1S/C23H25N3O4/c1-15-12-17(9-10-18(15)25-11-5-8-21(25)27)24-23(29)16-13-22(28)26(14-16)19-6-3-4-7-20(19)30-2/h3-4,6-7,9-10,12,16H,5,8,11,13-14H2,1-2H3,(H,24,29). The predicted molar refractivity (Wildman–Crippen MR) is 115 cm³/mol. The molecule has 7 heteroatoms. The molecule has 2 fully saturated rings. The third kappa shape index (κ3) is 3.75. The Balaban J connectivity index is 1.45. The molecule has 30 heavy (non-hydrogen) atoms. The second-order valence-corrected chi connectivity index (χ2v) is 7.72. The van der Waals surface area contributed by atoms with Crippen LogP contribution >= 0.6 is 0 Å². The van der Waals surface area contributed by atoms with Gasteiger partial charge >= 0.3 is 0 Å². The van der Waals surface area contributed by atoms with Crippen LogP contribution in [0, 0.1) is 12.8 Å². The summed E-state index contributed by atoms with van der Waals surface area (Å²) in [4.78, 5) is 40.7. The first-order valence-electron chi connectivity index (χ1n) is 10.1. The zero-order valence-electron chi connectivity index (χ0n) is 17.2. The van der Waals surface area contributed by atoms with Gasteiger partial charge in [0.25, 0.3) is 0 Å². The number of aryl methyl sites for hydroxylation is 1. The van der Waals surface area contributed by atoms with Crippen LogP contribution in [-0.4, -0.2) is 37.9 Å². The number of anilines is 3. The lowest BCUT2D eigenvalue weighted by Crippen LogP contribution is -2.28. The number of para-hydroxylation sites is 2. The molecule has 0 aromatic heterocycles. The number of carbonyl (C=O) groups is 3. The fraction of sp³-hybridized carbons (Fsp3) is 0.348. The van der Waals surface area contributed by atoms with E-state index in [1.807, 2.05) is 37.3 Å². The molecule has 3 amide bonds.